The number of nitrogens with zero attached hydrogens (tertiary/aromatic N) is 5. The van der Waals surface area contributed by atoms with Gasteiger partial charge in [-0.25, -0.2) is 0 Å². The molecule has 0 atom stereocenters. The van der Waals surface area contributed by atoms with E-state index in [1.807, 2.05) is 23.6 Å². The van der Waals surface area contributed by atoms with Crippen molar-refractivity contribution < 1.29 is 19.1 Å². The Morgan fingerprint density at radius 2 is 1.85 bits per heavy atom. The Hall–Kier alpha value is -4.25. The molecule has 2 amide bonds. The van der Waals surface area contributed by atoms with Crippen LogP contribution in [0.5, 0.6) is 11.5 Å². The fourth-order valence-electron chi connectivity index (χ4n) is 3.50. The van der Waals surface area contributed by atoms with Crippen molar-refractivity contribution in [3.05, 3.63) is 70.4 Å². The topological polar surface area (TPSA) is 125 Å². The number of hydrogen-bond acceptors (Lipinski definition) is 8. The van der Waals surface area contributed by atoms with E-state index in [9.17, 15) is 9.59 Å². The van der Waals surface area contributed by atoms with Gasteiger partial charge >= 0.3 is 0 Å². The van der Waals surface area contributed by atoms with Gasteiger partial charge in [-0.1, -0.05) is 18.2 Å². The molecule has 0 saturated heterocycles. The summed E-state index contributed by atoms with van der Waals surface area (Å²) in [5.41, 5.74) is 7.01. The lowest BCUT2D eigenvalue weighted by molar-refractivity contribution is -0.119. The van der Waals surface area contributed by atoms with Crippen LogP contribution in [0, 0.1) is 0 Å². The van der Waals surface area contributed by atoms with Crippen molar-refractivity contribution in [1.82, 2.24) is 20.2 Å². The van der Waals surface area contributed by atoms with E-state index in [2.05, 4.69) is 15.4 Å². The Bertz CT molecular complexity index is 1320. The van der Waals surface area contributed by atoms with Gasteiger partial charge in [0.15, 0.2) is 11.5 Å². The molecule has 11 heteroatoms. The minimum atomic E-state index is -0.515. The minimum Gasteiger partial charge on any atom is -0.486 e. The number of thiophene rings is 1. The number of tetrazole rings is 1. The predicted octanol–water partition coefficient (Wildman–Crippen LogP) is 2.51. The number of rotatable bonds is 7. The first kappa shape index (κ1) is 21.6. The molecule has 2 aromatic heterocycles. The van der Waals surface area contributed by atoms with E-state index in [-0.39, 0.29) is 12.5 Å². The highest BCUT2D eigenvalue weighted by molar-refractivity contribution is 7.09. The van der Waals surface area contributed by atoms with Gasteiger partial charge in [-0.2, -0.15) is 4.80 Å². The molecule has 172 valence electrons. The van der Waals surface area contributed by atoms with Crippen molar-refractivity contribution in [2.24, 2.45) is 5.73 Å². The Morgan fingerprint density at radius 3 is 2.59 bits per heavy atom. The first-order valence-electron chi connectivity index (χ1n) is 10.5. The van der Waals surface area contributed by atoms with Crippen LogP contribution in [0.2, 0.25) is 0 Å². The third-order valence-corrected chi connectivity index (χ3v) is 6.05. The average molecular weight is 477 g/mol. The number of hydrogen-bond donors (Lipinski definition) is 1. The third kappa shape index (κ3) is 4.59. The second-order valence-electron chi connectivity index (χ2n) is 7.47. The smallest absolute Gasteiger partial charge is 0.250 e. The molecule has 1 aliphatic heterocycles. The number of nitrogens with two attached hydrogens (primary N) is 1. The van der Waals surface area contributed by atoms with E-state index in [4.69, 9.17) is 15.2 Å². The van der Waals surface area contributed by atoms with E-state index in [0.717, 1.165) is 4.88 Å². The molecule has 0 spiro atoms. The Kier molecular flexibility index (Phi) is 5.91. The zero-order valence-corrected chi connectivity index (χ0v) is 18.8. The van der Waals surface area contributed by atoms with Gasteiger partial charge in [0, 0.05) is 27.8 Å². The van der Waals surface area contributed by atoms with Crippen LogP contribution in [0.3, 0.4) is 0 Å². The fourth-order valence-corrected chi connectivity index (χ4v) is 4.19. The van der Waals surface area contributed by atoms with E-state index in [1.165, 1.54) is 4.80 Å². The van der Waals surface area contributed by atoms with Crippen LogP contribution in [0.1, 0.15) is 15.2 Å². The summed E-state index contributed by atoms with van der Waals surface area (Å²) in [6.45, 7) is 1.25. The lowest BCUT2D eigenvalue weighted by Gasteiger charge is -2.25. The van der Waals surface area contributed by atoms with Gasteiger partial charge in [0.25, 0.3) is 5.91 Å². The predicted molar refractivity (Wildman–Crippen MR) is 125 cm³/mol. The molecule has 0 radical (unpaired) electrons. The molecule has 5 rings (SSSR count). The number of fused-ring (bicyclic) bond motifs is 1. The standard InChI is InChI=1S/C23H20N6O4S/c24-22(31)15-3-5-16(6-4-15)23-25-27-29(26-23)14-21(30)28(13-18-2-1-11-34-18)17-7-8-19-20(12-17)33-10-9-32-19/h1-8,11-12H,9-10,13-14H2,(H2,24,31). The molecule has 0 aliphatic carbocycles. The zero-order valence-electron chi connectivity index (χ0n) is 18.0. The van der Waals surface area contributed by atoms with Crippen molar-refractivity contribution >= 4 is 28.8 Å². The number of carbonyl (C=O) groups is 2. The van der Waals surface area contributed by atoms with Crippen molar-refractivity contribution in [2.75, 3.05) is 18.1 Å². The SMILES string of the molecule is NC(=O)c1ccc(-c2nnn(CC(=O)N(Cc3cccs3)c3ccc4c(c3)OCCO4)n2)cc1. The van der Waals surface area contributed by atoms with Gasteiger partial charge in [0.05, 0.1) is 6.54 Å². The molecular formula is C23H20N6O4S. The first-order valence-corrected chi connectivity index (χ1v) is 11.4. The van der Waals surface area contributed by atoms with Gasteiger partial charge in [0.2, 0.25) is 11.7 Å². The van der Waals surface area contributed by atoms with Crippen LogP contribution in [-0.2, 0) is 17.9 Å². The maximum absolute atomic E-state index is 13.4. The number of ether oxygens (including phenoxy) is 2. The summed E-state index contributed by atoms with van der Waals surface area (Å²) >= 11 is 1.57. The van der Waals surface area contributed by atoms with E-state index in [0.29, 0.717) is 53.9 Å². The number of aromatic nitrogens is 4. The van der Waals surface area contributed by atoms with Crippen molar-refractivity contribution in [1.29, 1.82) is 0 Å². The lowest BCUT2D eigenvalue weighted by Crippen LogP contribution is -2.34. The van der Waals surface area contributed by atoms with Crippen molar-refractivity contribution in [2.45, 2.75) is 13.1 Å². The van der Waals surface area contributed by atoms with Gasteiger partial charge in [-0.15, -0.1) is 21.5 Å². The van der Waals surface area contributed by atoms with Gasteiger partial charge < -0.3 is 20.1 Å². The molecule has 0 saturated carbocycles. The fraction of sp³-hybridized carbons (Fsp3) is 0.174. The maximum Gasteiger partial charge on any atom is 0.250 e. The molecule has 1 aliphatic rings. The summed E-state index contributed by atoms with van der Waals surface area (Å²) in [5.74, 6) is 0.876. The quantitative estimate of drug-likeness (QED) is 0.434. The highest BCUT2D eigenvalue weighted by Crippen LogP contribution is 2.34. The number of primary amides is 1. The second-order valence-corrected chi connectivity index (χ2v) is 8.50. The third-order valence-electron chi connectivity index (χ3n) is 5.19. The molecule has 2 aromatic carbocycles. The van der Waals surface area contributed by atoms with Gasteiger partial charge in [0.1, 0.15) is 19.8 Å². The largest absolute Gasteiger partial charge is 0.486 e. The molecule has 34 heavy (non-hydrogen) atoms. The highest BCUT2D eigenvalue weighted by atomic mass is 32.1. The number of amides is 2. The van der Waals surface area contributed by atoms with Crippen LogP contribution in [0.25, 0.3) is 11.4 Å². The van der Waals surface area contributed by atoms with Crippen LogP contribution in [0.15, 0.2) is 60.0 Å². The Labute approximate surface area is 198 Å². The first-order chi connectivity index (χ1) is 16.6. The highest BCUT2D eigenvalue weighted by Gasteiger charge is 2.22. The van der Waals surface area contributed by atoms with Crippen molar-refractivity contribution in [3.8, 4) is 22.9 Å². The summed E-state index contributed by atoms with van der Waals surface area (Å²) < 4.78 is 11.3. The van der Waals surface area contributed by atoms with Gasteiger partial charge in [-0.3, -0.25) is 9.59 Å². The number of anilines is 1. The van der Waals surface area contributed by atoms with Crippen LogP contribution < -0.4 is 20.1 Å². The van der Waals surface area contributed by atoms with Crippen LogP contribution in [-0.4, -0.2) is 45.2 Å². The lowest BCUT2D eigenvalue weighted by atomic mass is 10.1. The number of benzene rings is 2. The summed E-state index contributed by atoms with van der Waals surface area (Å²) in [6, 6.07) is 15.9. The Morgan fingerprint density at radius 1 is 1.06 bits per heavy atom. The van der Waals surface area contributed by atoms with Crippen LogP contribution >= 0.6 is 11.3 Å². The zero-order chi connectivity index (χ0) is 23.5. The molecule has 0 bridgehead atoms. The molecule has 3 heterocycles. The van der Waals surface area contributed by atoms with Crippen LogP contribution in [0.4, 0.5) is 5.69 Å². The molecule has 0 fully saturated rings. The minimum absolute atomic E-state index is 0.105. The average Bonchev–Trinajstić information content (AvgIpc) is 3.54. The maximum atomic E-state index is 13.4. The van der Waals surface area contributed by atoms with E-state index >= 15 is 0 Å². The second kappa shape index (κ2) is 9.32. The summed E-state index contributed by atoms with van der Waals surface area (Å²) in [6.07, 6.45) is 0. The molecule has 10 nitrogen and oxygen atoms in total. The summed E-state index contributed by atoms with van der Waals surface area (Å²) in [5, 5.41) is 14.4. The molecular weight excluding hydrogens is 456 g/mol. The molecule has 0 unspecified atom stereocenters. The van der Waals surface area contributed by atoms with E-state index < -0.39 is 5.91 Å². The molecule has 4 aromatic rings. The van der Waals surface area contributed by atoms with Gasteiger partial charge in [-0.05, 0) is 40.9 Å². The molecule has 2 N–H and O–H groups in total. The van der Waals surface area contributed by atoms with Crippen molar-refractivity contribution in [3.63, 3.8) is 0 Å². The van der Waals surface area contributed by atoms with E-state index in [1.54, 1.807) is 52.6 Å². The summed E-state index contributed by atoms with van der Waals surface area (Å²) in [7, 11) is 0. The normalized spacial score (nSPS) is 12.4. The Balaban J connectivity index is 1.37. The monoisotopic (exact) mass is 476 g/mol. The number of carbonyl (C=O) groups excluding carboxylic acids is 2. The summed E-state index contributed by atoms with van der Waals surface area (Å²) in [4.78, 5) is 28.6.